The standard InChI is InChI=1S/C37H37N5O6S/c1-40(2)36(43)28-13-8-12-26(20-28)27-16-17-33(47-4)34(21-27)49(45,46)39-29-14-9-15-30(22-29)48-31-18-19-42(24-31)37(44)32-23-38-41(3)35(32)25-10-6-5-7-11-25/h5-17,20-23,31,39H,18-19,24H2,1-4H3/t31-/m0/s1. The van der Waals surface area contributed by atoms with E-state index in [1.54, 1.807) is 84.5 Å². The van der Waals surface area contributed by atoms with Gasteiger partial charge in [0.1, 0.15) is 22.5 Å². The highest BCUT2D eigenvalue weighted by Crippen LogP contribution is 2.33. The molecule has 0 spiro atoms. The minimum absolute atomic E-state index is 0.0571. The molecule has 4 aromatic carbocycles. The minimum atomic E-state index is -4.11. The Hall–Kier alpha value is -5.62. The molecule has 1 atom stereocenters. The van der Waals surface area contributed by atoms with E-state index in [2.05, 4.69) is 9.82 Å². The molecule has 49 heavy (non-hydrogen) atoms. The second kappa shape index (κ2) is 13.9. The lowest BCUT2D eigenvalue weighted by atomic mass is 10.0. The van der Waals surface area contributed by atoms with Crippen LogP contribution in [0.15, 0.2) is 108 Å². The molecule has 1 saturated heterocycles. The summed E-state index contributed by atoms with van der Waals surface area (Å²) in [6.07, 6.45) is 1.94. The lowest BCUT2D eigenvalue weighted by Crippen LogP contribution is -2.31. The van der Waals surface area contributed by atoms with Gasteiger partial charge in [-0.25, -0.2) is 8.42 Å². The number of amides is 2. The molecule has 1 aromatic heterocycles. The summed E-state index contributed by atoms with van der Waals surface area (Å²) in [5.41, 5.74) is 4.27. The van der Waals surface area contributed by atoms with Gasteiger partial charge < -0.3 is 19.3 Å². The Labute approximate surface area is 285 Å². The molecule has 1 fully saturated rings. The summed E-state index contributed by atoms with van der Waals surface area (Å²) in [7, 11) is 2.46. The smallest absolute Gasteiger partial charge is 0.265 e. The Morgan fingerprint density at radius 2 is 1.63 bits per heavy atom. The van der Waals surface area contributed by atoms with E-state index in [0.29, 0.717) is 53.2 Å². The molecule has 0 aliphatic carbocycles. The Balaban J connectivity index is 1.16. The van der Waals surface area contributed by atoms with Gasteiger partial charge in [-0.1, -0.05) is 54.6 Å². The third-order valence-corrected chi connectivity index (χ3v) is 9.74. The lowest BCUT2D eigenvalue weighted by Gasteiger charge is -2.18. The van der Waals surface area contributed by atoms with Crippen LogP contribution in [0.3, 0.4) is 0 Å². The summed E-state index contributed by atoms with van der Waals surface area (Å²) in [6, 6.07) is 28.3. The van der Waals surface area contributed by atoms with Gasteiger partial charge in [-0.3, -0.25) is 19.0 Å². The Kier molecular flexibility index (Phi) is 9.41. The van der Waals surface area contributed by atoms with Gasteiger partial charge in [-0.15, -0.1) is 0 Å². The summed E-state index contributed by atoms with van der Waals surface area (Å²) < 4.78 is 43.5. The van der Waals surface area contributed by atoms with Crippen molar-refractivity contribution in [3.8, 4) is 33.9 Å². The van der Waals surface area contributed by atoms with E-state index in [1.165, 1.54) is 18.1 Å². The van der Waals surface area contributed by atoms with Crippen LogP contribution in [0.2, 0.25) is 0 Å². The monoisotopic (exact) mass is 679 g/mol. The van der Waals surface area contributed by atoms with Crippen molar-refractivity contribution in [1.29, 1.82) is 0 Å². The van der Waals surface area contributed by atoms with E-state index in [-0.39, 0.29) is 28.6 Å². The van der Waals surface area contributed by atoms with Crippen LogP contribution in [0, 0.1) is 0 Å². The van der Waals surface area contributed by atoms with Gasteiger partial charge >= 0.3 is 0 Å². The molecule has 0 bridgehead atoms. The first-order chi connectivity index (χ1) is 23.5. The first kappa shape index (κ1) is 33.3. The van der Waals surface area contributed by atoms with E-state index >= 15 is 0 Å². The highest BCUT2D eigenvalue weighted by molar-refractivity contribution is 7.92. The van der Waals surface area contributed by atoms with Crippen molar-refractivity contribution in [2.24, 2.45) is 7.05 Å². The third kappa shape index (κ3) is 7.14. The number of carbonyl (C=O) groups excluding carboxylic acids is 2. The number of aromatic nitrogens is 2. The second-order valence-corrected chi connectivity index (χ2v) is 13.6. The van der Waals surface area contributed by atoms with Gasteiger partial charge in [0.2, 0.25) is 0 Å². The highest BCUT2D eigenvalue weighted by atomic mass is 32.2. The average Bonchev–Trinajstić information content (AvgIpc) is 3.74. The predicted octanol–water partition coefficient (Wildman–Crippen LogP) is 5.56. The molecule has 1 aliphatic rings. The number of likely N-dealkylation sites (tertiary alicyclic amines) is 1. The number of nitrogens with zero attached hydrogens (tertiary/aromatic N) is 4. The van der Waals surface area contributed by atoms with E-state index in [9.17, 15) is 18.0 Å². The number of benzene rings is 4. The van der Waals surface area contributed by atoms with E-state index in [4.69, 9.17) is 9.47 Å². The van der Waals surface area contributed by atoms with Crippen molar-refractivity contribution >= 4 is 27.5 Å². The molecular formula is C37H37N5O6S. The fourth-order valence-electron chi connectivity index (χ4n) is 5.90. The van der Waals surface area contributed by atoms with Crippen LogP contribution in [0.5, 0.6) is 11.5 Å². The number of hydrogen-bond donors (Lipinski definition) is 1. The van der Waals surface area contributed by atoms with Gasteiger partial charge in [-0.05, 0) is 47.5 Å². The molecule has 0 saturated carbocycles. The zero-order chi connectivity index (χ0) is 34.7. The number of hydrogen-bond acceptors (Lipinski definition) is 7. The zero-order valence-electron chi connectivity index (χ0n) is 27.7. The van der Waals surface area contributed by atoms with Crippen LogP contribution >= 0.6 is 0 Å². The van der Waals surface area contributed by atoms with Crippen molar-refractivity contribution in [3.05, 3.63) is 114 Å². The van der Waals surface area contributed by atoms with Crippen LogP contribution in [-0.2, 0) is 17.1 Å². The van der Waals surface area contributed by atoms with Gasteiger partial charge in [0.05, 0.1) is 36.8 Å². The topological polar surface area (TPSA) is 123 Å². The van der Waals surface area contributed by atoms with Crippen LogP contribution in [-0.4, -0.2) is 80.2 Å². The van der Waals surface area contributed by atoms with Crippen molar-refractivity contribution in [1.82, 2.24) is 19.6 Å². The van der Waals surface area contributed by atoms with Crippen molar-refractivity contribution < 1.29 is 27.5 Å². The van der Waals surface area contributed by atoms with E-state index in [0.717, 1.165) is 11.3 Å². The molecular weight excluding hydrogens is 643 g/mol. The summed E-state index contributed by atoms with van der Waals surface area (Å²) in [5.74, 6) is 0.360. The molecule has 0 radical (unpaired) electrons. The quantitative estimate of drug-likeness (QED) is 0.205. The Bertz CT molecular complexity index is 2110. The molecule has 0 unspecified atom stereocenters. The second-order valence-electron chi connectivity index (χ2n) is 12.0. The van der Waals surface area contributed by atoms with Crippen molar-refractivity contribution in [3.63, 3.8) is 0 Å². The van der Waals surface area contributed by atoms with Crippen molar-refractivity contribution in [2.75, 3.05) is 39.0 Å². The fourth-order valence-corrected chi connectivity index (χ4v) is 7.15. The van der Waals surface area contributed by atoms with Gasteiger partial charge in [0.25, 0.3) is 21.8 Å². The SMILES string of the molecule is COc1ccc(-c2cccc(C(=O)N(C)C)c2)cc1S(=O)(=O)Nc1cccc(O[C@H]2CCN(C(=O)c3cnn(C)c3-c3ccccc3)C2)c1. The highest BCUT2D eigenvalue weighted by Gasteiger charge is 2.31. The van der Waals surface area contributed by atoms with Gasteiger partial charge in [0, 0.05) is 51.3 Å². The molecule has 12 heteroatoms. The maximum absolute atomic E-state index is 13.7. The molecule has 5 aromatic rings. The summed E-state index contributed by atoms with van der Waals surface area (Å²) in [6.45, 7) is 0.893. The summed E-state index contributed by atoms with van der Waals surface area (Å²) >= 11 is 0. The lowest BCUT2D eigenvalue weighted by molar-refractivity contribution is 0.0772. The fraction of sp³-hybridized carbons (Fsp3) is 0.216. The number of rotatable bonds is 10. The van der Waals surface area contributed by atoms with Gasteiger partial charge in [0.15, 0.2) is 0 Å². The molecule has 11 nitrogen and oxygen atoms in total. The number of carbonyl (C=O) groups is 2. The first-order valence-corrected chi connectivity index (χ1v) is 17.2. The average molecular weight is 680 g/mol. The van der Waals surface area contributed by atoms with E-state index < -0.39 is 10.0 Å². The van der Waals surface area contributed by atoms with Crippen LogP contribution in [0.4, 0.5) is 5.69 Å². The van der Waals surface area contributed by atoms with Gasteiger partial charge in [-0.2, -0.15) is 5.10 Å². The molecule has 1 aliphatic heterocycles. The normalized spacial score (nSPS) is 14.4. The number of methoxy groups -OCH3 is 1. The Morgan fingerprint density at radius 3 is 2.39 bits per heavy atom. The van der Waals surface area contributed by atoms with E-state index in [1.807, 2.05) is 43.4 Å². The first-order valence-electron chi connectivity index (χ1n) is 15.7. The van der Waals surface area contributed by atoms with Crippen molar-refractivity contribution in [2.45, 2.75) is 17.4 Å². The number of aryl methyl sites for hydroxylation is 1. The van der Waals surface area contributed by atoms with Crippen LogP contribution < -0.4 is 14.2 Å². The van der Waals surface area contributed by atoms with Crippen LogP contribution in [0.1, 0.15) is 27.1 Å². The maximum Gasteiger partial charge on any atom is 0.265 e. The number of ether oxygens (including phenoxy) is 2. The largest absolute Gasteiger partial charge is 0.495 e. The minimum Gasteiger partial charge on any atom is -0.495 e. The number of sulfonamides is 1. The van der Waals surface area contributed by atoms with Crippen LogP contribution in [0.25, 0.3) is 22.4 Å². The number of anilines is 1. The molecule has 2 amide bonds. The molecule has 2 heterocycles. The number of nitrogens with one attached hydrogen (secondary N) is 1. The maximum atomic E-state index is 13.7. The third-order valence-electron chi connectivity index (χ3n) is 8.34. The predicted molar refractivity (Wildman–Crippen MR) is 187 cm³/mol. The summed E-state index contributed by atoms with van der Waals surface area (Å²) in [5, 5.41) is 4.34. The molecule has 252 valence electrons. The molecule has 1 N–H and O–H groups in total. The Morgan fingerprint density at radius 1 is 0.898 bits per heavy atom. The summed E-state index contributed by atoms with van der Waals surface area (Å²) in [4.78, 5) is 29.3. The molecule has 6 rings (SSSR count). The zero-order valence-corrected chi connectivity index (χ0v) is 28.5.